The highest BCUT2D eigenvalue weighted by atomic mass is 79.9. The van der Waals surface area contributed by atoms with Crippen LogP contribution in [0.5, 0.6) is 0 Å². The van der Waals surface area contributed by atoms with Crippen LogP contribution in [0, 0.1) is 5.92 Å². The molecule has 0 bridgehead atoms. The molecule has 1 saturated heterocycles. The molecule has 1 aliphatic heterocycles. The van der Waals surface area contributed by atoms with E-state index in [2.05, 4.69) is 15.9 Å². The summed E-state index contributed by atoms with van der Waals surface area (Å²) in [6.07, 6.45) is -1.88. The predicted molar refractivity (Wildman–Crippen MR) is 75.8 cm³/mol. The lowest BCUT2D eigenvalue weighted by atomic mass is 9.94. The number of hydrogen-bond acceptors (Lipinski definition) is 2. The van der Waals surface area contributed by atoms with Crippen molar-refractivity contribution in [1.29, 1.82) is 0 Å². The first-order valence-corrected chi connectivity index (χ1v) is 7.43. The summed E-state index contributed by atoms with van der Waals surface area (Å²) >= 11 is 3.10. The van der Waals surface area contributed by atoms with Crippen molar-refractivity contribution in [3.8, 4) is 0 Å². The molecule has 0 saturated carbocycles. The Morgan fingerprint density at radius 2 is 2.10 bits per heavy atom. The summed E-state index contributed by atoms with van der Waals surface area (Å²) in [5.41, 5.74) is -0.361. The van der Waals surface area contributed by atoms with E-state index in [9.17, 15) is 13.2 Å². The average molecular weight is 352 g/mol. The van der Waals surface area contributed by atoms with Crippen LogP contribution in [-0.4, -0.2) is 24.8 Å². The van der Waals surface area contributed by atoms with Gasteiger partial charge in [0.1, 0.15) is 0 Å². The van der Waals surface area contributed by atoms with Gasteiger partial charge in [0.25, 0.3) is 0 Å². The van der Waals surface area contributed by atoms with Crippen molar-refractivity contribution in [1.82, 2.24) is 0 Å². The van der Waals surface area contributed by atoms with Crippen LogP contribution in [0.3, 0.4) is 0 Å². The van der Waals surface area contributed by atoms with E-state index in [1.165, 1.54) is 6.07 Å². The Bertz CT molecular complexity index is 462. The van der Waals surface area contributed by atoms with E-state index in [0.717, 1.165) is 18.9 Å². The fourth-order valence-electron chi connectivity index (χ4n) is 2.71. The maximum Gasteiger partial charge on any atom is 0.418 e. The number of aliphatic hydroxyl groups excluding tert-OH is 1. The van der Waals surface area contributed by atoms with Gasteiger partial charge in [0.15, 0.2) is 0 Å². The largest absolute Gasteiger partial charge is 0.418 e. The van der Waals surface area contributed by atoms with E-state index >= 15 is 0 Å². The molecule has 20 heavy (non-hydrogen) atoms. The van der Waals surface area contributed by atoms with Gasteiger partial charge in [-0.25, -0.2) is 0 Å². The maximum absolute atomic E-state index is 13.1. The highest BCUT2D eigenvalue weighted by Crippen LogP contribution is 2.39. The molecule has 112 valence electrons. The van der Waals surface area contributed by atoms with Crippen molar-refractivity contribution < 1.29 is 18.3 Å². The Kier molecular flexibility index (Phi) is 4.96. The molecule has 1 N–H and O–H groups in total. The van der Waals surface area contributed by atoms with Gasteiger partial charge in [-0.2, -0.15) is 13.2 Å². The molecule has 2 nitrogen and oxygen atoms in total. The molecule has 6 heteroatoms. The number of halogens is 4. The summed E-state index contributed by atoms with van der Waals surface area (Å²) in [4.78, 5) is 1.79. The van der Waals surface area contributed by atoms with Crippen molar-refractivity contribution in [2.75, 3.05) is 24.6 Å². The number of benzene rings is 1. The lowest BCUT2D eigenvalue weighted by molar-refractivity contribution is -0.137. The minimum absolute atomic E-state index is 0.0883. The van der Waals surface area contributed by atoms with Gasteiger partial charge in [0.05, 0.1) is 5.56 Å². The van der Waals surface area contributed by atoms with E-state index < -0.39 is 11.7 Å². The van der Waals surface area contributed by atoms with Gasteiger partial charge >= 0.3 is 6.18 Å². The molecule has 1 fully saturated rings. The van der Waals surface area contributed by atoms with Crippen LogP contribution in [0.15, 0.2) is 22.7 Å². The van der Waals surface area contributed by atoms with Crippen LogP contribution in [0.1, 0.15) is 24.8 Å². The van der Waals surface area contributed by atoms with E-state index in [1.54, 1.807) is 11.0 Å². The van der Waals surface area contributed by atoms with Crippen molar-refractivity contribution in [3.63, 3.8) is 0 Å². The summed E-state index contributed by atoms with van der Waals surface area (Å²) in [5.74, 6) is 0.262. The molecule has 0 spiro atoms. The Morgan fingerprint density at radius 1 is 1.35 bits per heavy atom. The van der Waals surface area contributed by atoms with Gasteiger partial charge in [0.2, 0.25) is 0 Å². The minimum atomic E-state index is -4.36. The van der Waals surface area contributed by atoms with Gasteiger partial charge in [0, 0.05) is 29.9 Å². The third-order valence-electron chi connectivity index (χ3n) is 3.66. The maximum atomic E-state index is 13.1. The van der Waals surface area contributed by atoms with Crippen LogP contribution in [0.4, 0.5) is 18.9 Å². The number of rotatable bonds is 3. The standard InChI is InChI=1S/C14H17BrF3NO/c15-11-3-4-13(12(8-11)14(16,17)18)19-6-1-2-10(9-19)5-7-20/h3-4,8,10,20H,1-2,5-7,9H2. The van der Waals surface area contributed by atoms with Crippen molar-refractivity contribution in [3.05, 3.63) is 28.2 Å². The van der Waals surface area contributed by atoms with Gasteiger partial charge in [-0.3, -0.25) is 0 Å². The van der Waals surface area contributed by atoms with Crippen molar-refractivity contribution in [2.24, 2.45) is 5.92 Å². The highest BCUT2D eigenvalue weighted by molar-refractivity contribution is 9.10. The number of nitrogens with zero attached hydrogens (tertiary/aromatic N) is 1. The molecule has 0 radical (unpaired) electrons. The predicted octanol–water partition coefficient (Wildman–Crippen LogP) is 4.07. The molecule has 2 rings (SSSR count). The lowest BCUT2D eigenvalue weighted by Crippen LogP contribution is -2.37. The van der Waals surface area contributed by atoms with E-state index in [-0.39, 0.29) is 18.2 Å². The van der Waals surface area contributed by atoms with E-state index in [0.29, 0.717) is 24.0 Å². The van der Waals surface area contributed by atoms with Crippen LogP contribution >= 0.6 is 15.9 Å². The average Bonchev–Trinajstić information content (AvgIpc) is 2.38. The summed E-state index contributed by atoms with van der Waals surface area (Å²) in [7, 11) is 0. The normalized spacial score (nSPS) is 20.2. The molecule has 0 aliphatic carbocycles. The minimum Gasteiger partial charge on any atom is -0.396 e. The third kappa shape index (κ3) is 3.67. The SMILES string of the molecule is OCCC1CCCN(c2ccc(Br)cc2C(F)(F)F)C1. The van der Waals surface area contributed by atoms with E-state index in [4.69, 9.17) is 5.11 Å². The molecule has 0 aromatic heterocycles. The topological polar surface area (TPSA) is 23.5 Å². The summed E-state index contributed by atoms with van der Waals surface area (Å²) < 4.78 is 39.9. The highest BCUT2D eigenvalue weighted by Gasteiger charge is 2.36. The van der Waals surface area contributed by atoms with Gasteiger partial charge in [-0.15, -0.1) is 0 Å². The number of alkyl halides is 3. The van der Waals surface area contributed by atoms with Crippen molar-refractivity contribution in [2.45, 2.75) is 25.4 Å². The Labute approximate surface area is 124 Å². The molecule has 1 atom stereocenters. The molecule has 1 aliphatic rings. The second-order valence-corrected chi connectivity index (χ2v) is 6.04. The molecule has 1 aromatic rings. The second kappa shape index (κ2) is 6.35. The molecule has 1 heterocycles. The Morgan fingerprint density at radius 3 is 2.75 bits per heavy atom. The lowest BCUT2D eigenvalue weighted by Gasteiger charge is -2.35. The number of piperidine rings is 1. The first-order valence-electron chi connectivity index (χ1n) is 6.64. The van der Waals surface area contributed by atoms with Crippen molar-refractivity contribution >= 4 is 21.6 Å². The zero-order chi connectivity index (χ0) is 14.8. The number of anilines is 1. The monoisotopic (exact) mass is 351 g/mol. The number of aliphatic hydroxyl groups is 1. The van der Waals surface area contributed by atoms with Crippen LogP contribution in [-0.2, 0) is 6.18 Å². The Balaban J connectivity index is 2.27. The fraction of sp³-hybridized carbons (Fsp3) is 0.571. The third-order valence-corrected chi connectivity index (χ3v) is 4.15. The summed E-state index contributed by atoms with van der Waals surface area (Å²) in [5, 5.41) is 8.99. The first-order chi connectivity index (χ1) is 9.41. The van der Waals surface area contributed by atoms with E-state index in [1.807, 2.05) is 0 Å². The zero-order valence-electron chi connectivity index (χ0n) is 11.0. The van der Waals surface area contributed by atoms with Gasteiger partial charge in [-0.1, -0.05) is 15.9 Å². The van der Waals surface area contributed by atoms with Crippen LogP contribution in [0.2, 0.25) is 0 Å². The van der Waals surface area contributed by atoms with Gasteiger partial charge < -0.3 is 10.0 Å². The quantitative estimate of drug-likeness (QED) is 0.887. The first kappa shape index (κ1) is 15.6. The molecular weight excluding hydrogens is 335 g/mol. The fourth-order valence-corrected chi connectivity index (χ4v) is 3.07. The number of hydrogen-bond donors (Lipinski definition) is 1. The Hall–Kier alpha value is -0.750. The molecule has 1 unspecified atom stereocenters. The molecule has 0 amide bonds. The smallest absolute Gasteiger partial charge is 0.396 e. The zero-order valence-corrected chi connectivity index (χ0v) is 12.5. The molecular formula is C14H17BrF3NO. The van der Waals surface area contributed by atoms with Gasteiger partial charge in [-0.05, 0) is 43.4 Å². The summed E-state index contributed by atoms with van der Waals surface area (Å²) in [6.45, 7) is 1.29. The summed E-state index contributed by atoms with van der Waals surface area (Å²) in [6, 6.07) is 4.29. The second-order valence-electron chi connectivity index (χ2n) is 5.13. The van der Waals surface area contributed by atoms with Crippen LogP contribution in [0.25, 0.3) is 0 Å². The van der Waals surface area contributed by atoms with Crippen LogP contribution < -0.4 is 4.90 Å². The molecule has 1 aromatic carbocycles.